The number of aromatic nitrogens is 3. The minimum Gasteiger partial charge on any atom is -0.350 e. The first-order chi connectivity index (χ1) is 11.5. The van der Waals surface area contributed by atoms with Crippen molar-refractivity contribution in [2.75, 3.05) is 5.32 Å². The van der Waals surface area contributed by atoms with E-state index in [4.69, 9.17) is 0 Å². The molecule has 0 aliphatic carbocycles. The minimum atomic E-state index is -4.56. The van der Waals surface area contributed by atoms with Crippen molar-refractivity contribution in [2.24, 2.45) is 0 Å². The molecule has 2 heterocycles. The fourth-order valence-electron chi connectivity index (χ4n) is 2.09. The fraction of sp³-hybridized carbons (Fsp3) is 0.118. The molecular weight excluding hydrogens is 317 g/mol. The number of hydrogen-bond donors (Lipinski definition) is 1. The van der Waals surface area contributed by atoms with Crippen LogP contribution in [0.15, 0.2) is 60.8 Å². The number of anilines is 1. The number of nitrogens with one attached hydrogen (secondary N) is 1. The Morgan fingerprint density at radius 2 is 1.62 bits per heavy atom. The van der Waals surface area contributed by atoms with Crippen LogP contribution >= 0.6 is 0 Å². The van der Waals surface area contributed by atoms with Crippen molar-refractivity contribution >= 4 is 5.95 Å². The predicted molar refractivity (Wildman–Crippen MR) is 84.0 cm³/mol. The molecule has 4 nitrogen and oxygen atoms in total. The van der Waals surface area contributed by atoms with Crippen LogP contribution in [0.25, 0.3) is 11.4 Å². The maximum atomic E-state index is 13.1. The molecule has 1 aromatic carbocycles. The molecule has 7 heteroatoms. The molecule has 0 bridgehead atoms. The highest BCUT2D eigenvalue weighted by molar-refractivity contribution is 5.56. The Kier molecular flexibility index (Phi) is 4.41. The molecule has 0 saturated carbocycles. The highest BCUT2D eigenvalue weighted by Gasteiger charge is 2.34. The summed E-state index contributed by atoms with van der Waals surface area (Å²) in [6, 6.07) is 15.2. The smallest absolute Gasteiger partial charge is 0.350 e. The second-order valence-electron chi connectivity index (χ2n) is 5.01. The van der Waals surface area contributed by atoms with E-state index in [-0.39, 0.29) is 11.6 Å². The SMILES string of the molecule is FC(F)(F)c1cc(-c2ccccn2)nc(NCc2ccccc2)n1. The molecular formula is C17H13F3N4. The van der Waals surface area contributed by atoms with Gasteiger partial charge in [0.25, 0.3) is 0 Å². The maximum absolute atomic E-state index is 13.1. The summed E-state index contributed by atoms with van der Waals surface area (Å²) in [5.74, 6) is -0.0886. The van der Waals surface area contributed by atoms with Gasteiger partial charge in [-0.2, -0.15) is 13.2 Å². The number of nitrogens with zero attached hydrogens (tertiary/aromatic N) is 3. The van der Waals surface area contributed by atoms with E-state index in [0.717, 1.165) is 11.6 Å². The number of alkyl halides is 3. The van der Waals surface area contributed by atoms with E-state index in [1.54, 1.807) is 18.2 Å². The summed E-state index contributed by atoms with van der Waals surface area (Å²) in [7, 11) is 0. The normalized spacial score (nSPS) is 11.3. The minimum absolute atomic E-state index is 0.0886. The second-order valence-corrected chi connectivity index (χ2v) is 5.01. The van der Waals surface area contributed by atoms with E-state index in [1.165, 1.54) is 6.20 Å². The van der Waals surface area contributed by atoms with Crippen molar-refractivity contribution in [3.05, 3.63) is 72.1 Å². The maximum Gasteiger partial charge on any atom is 0.433 e. The second kappa shape index (κ2) is 6.66. The van der Waals surface area contributed by atoms with Gasteiger partial charge in [-0.3, -0.25) is 4.98 Å². The average Bonchev–Trinajstić information content (AvgIpc) is 2.61. The lowest BCUT2D eigenvalue weighted by Gasteiger charge is -2.11. The van der Waals surface area contributed by atoms with Gasteiger partial charge in [0, 0.05) is 12.7 Å². The van der Waals surface area contributed by atoms with Crippen molar-refractivity contribution < 1.29 is 13.2 Å². The summed E-state index contributed by atoms with van der Waals surface area (Å²) < 4.78 is 39.3. The van der Waals surface area contributed by atoms with Crippen molar-refractivity contribution in [1.82, 2.24) is 15.0 Å². The summed E-state index contributed by atoms with van der Waals surface area (Å²) in [4.78, 5) is 11.8. The number of pyridine rings is 1. The van der Waals surface area contributed by atoms with E-state index >= 15 is 0 Å². The van der Waals surface area contributed by atoms with Crippen LogP contribution in [0.3, 0.4) is 0 Å². The molecule has 3 aromatic rings. The summed E-state index contributed by atoms with van der Waals surface area (Å²) in [6.07, 6.45) is -3.06. The standard InChI is InChI=1S/C17H13F3N4/c18-17(19,20)15-10-14(13-8-4-5-9-21-13)23-16(24-15)22-11-12-6-2-1-3-7-12/h1-10H,11H2,(H,22,23,24). The van der Waals surface area contributed by atoms with Crippen molar-refractivity contribution in [3.8, 4) is 11.4 Å². The Morgan fingerprint density at radius 3 is 2.29 bits per heavy atom. The van der Waals surface area contributed by atoms with Crippen LogP contribution in [0, 0.1) is 0 Å². The zero-order chi connectivity index (χ0) is 17.0. The molecule has 0 amide bonds. The van der Waals surface area contributed by atoms with Crippen LogP contribution < -0.4 is 5.32 Å². The van der Waals surface area contributed by atoms with Crippen LogP contribution in [0.1, 0.15) is 11.3 Å². The average molecular weight is 330 g/mol. The van der Waals surface area contributed by atoms with E-state index in [2.05, 4.69) is 20.3 Å². The molecule has 24 heavy (non-hydrogen) atoms. The first-order valence-corrected chi connectivity index (χ1v) is 7.18. The van der Waals surface area contributed by atoms with E-state index in [1.807, 2.05) is 30.3 Å². The van der Waals surface area contributed by atoms with Gasteiger partial charge in [-0.15, -0.1) is 0 Å². The van der Waals surface area contributed by atoms with Crippen LogP contribution in [-0.2, 0) is 12.7 Å². The third-order valence-electron chi connectivity index (χ3n) is 3.24. The van der Waals surface area contributed by atoms with Gasteiger partial charge < -0.3 is 5.32 Å². The van der Waals surface area contributed by atoms with Gasteiger partial charge in [0.1, 0.15) is 0 Å². The molecule has 0 saturated heterocycles. The fourth-order valence-corrected chi connectivity index (χ4v) is 2.09. The summed E-state index contributed by atoms with van der Waals surface area (Å²) in [5, 5.41) is 2.83. The van der Waals surface area contributed by atoms with Crippen molar-refractivity contribution in [1.29, 1.82) is 0 Å². The van der Waals surface area contributed by atoms with Crippen molar-refractivity contribution in [2.45, 2.75) is 12.7 Å². The zero-order valence-corrected chi connectivity index (χ0v) is 12.5. The summed E-state index contributed by atoms with van der Waals surface area (Å²) in [5.41, 5.74) is 0.383. The van der Waals surface area contributed by atoms with E-state index in [0.29, 0.717) is 12.2 Å². The Morgan fingerprint density at radius 1 is 0.875 bits per heavy atom. The van der Waals surface area contributed by atoms with Crippen LogP contribution in [0.2, 0.25) is 0 Å². The number of benzene rings is 1. The highest BCUT2D eigenvalue weighted by Crippen LogP contribution is 2.30. The molecule has 0 atom stereocenters. The third-order valence-corrected chi connectivity index (χ3v) is 3.24. The van der Waals surface area contributed by atoms with Crippen LogP contribution in [-0.4, -0.2) is 15.0 Å². The van der Waals surface area contributed by atoms with Crippen LogP contribution in [0.5, 0.6) is 0 Å². The Balaban J connectivity index is 1.93. The highest BCUT2D eigenvalue weighted by atomic mass is 19.4. The lowest BCUT2D eigenvalue weighted by atomic mass is 10.2. The monoisotopic (exact) mass is 330 g/mol. The topological polar surface area (TPSA) is 50.7 Å². The molecule has 0 fully saturated rings. The number of rotatable bonds is 4. The van der Waals surface area contributed by atoms with Gasteiger partial charge in [-0.05, 0) is 23.8 Å². The quantitative estimate of drug-likeness (QED) is 0.780. The Hall–Kier alpha value is -2.96. The molecule has 0 radical (unpaired) electrons. The predicted octanol–water partition coefficient (Wildman–Crippen LogP) is 4.17. The molecule has 3 rings (SSSR count). The Bertz CT molecular complexity index is 805. The first-order valence-electron chi connectivity index (χ1n) is 7.18. The molecule has 0 aliphatic heterocycles. The van der Waals surface area contributed by atoms with Gasteiger partial charge in [0.15, 0.2) is 5.69 Å². The third kappa shape index (κ3) is 3.87. The summed E-state index contributed by atoms with van der Waals surface area (Å²) in [6.45, 7) is 0.323. The number of halogens is 3. The van der Waals surface area contributed by atoms with Gasteiger partial charge >= 0.3 is 6.18 Å². The van der Waals surface area contributed by atoms with Gasteiger partial charge in [0.05, 0.1) is 11.4 Å². The molecule has 1 N–H and O–H groups in total. The first kappa shape index (κ1) is 15.9. The molecule has 2 aromatic heterocycles. The van der Waals surface area contributed by atoms with E-state index < -0.39 is 11.9 Å². The zero-order valence-electron chi connectivity index (χ0n) is 12.5. The van der Waals surface area contributed by atoms with Gasteiger partial charge in [-0.1, -0.05) is 36.4 Å². The molecule has 0 spiro atoms. The lowest BCUT2D eigenvalue weighted by molar-refractivity contribution is -0.141. The van der Waals surface area contributed by atoms with Crippen LogP contribution in [0.4, 0.5) is 19.1 Å². The molecule has 0 aliphatic rings. The largest absolute Gasteiger partial charge is 0.433 e. The number of hydrogen-bond acceptors (Lipinski definition) is 4. The van der Waals surface area contributed by atoms with Gasteiger partial charge in [0.2, 0.25) is 5.95 Å². The lowest BCUT2D eigenvalue weighted by Crippen LogP contribution is -2.13. The summed E-state index contributed by atoms with van der Waals surface area (Å²) >= 11 is 0. The molecule has 122 valence electrons. The van der Waals surface area contributed by atoms with Gasteiger partial charge in [-0.25, -0.2) is 9.97 Å². The molecule has 0 unspecified atom stereocenters. The van der Waals surface area contributed by atoms with E-state index in [9.17, 15) is 13.2 Å². The Labute approximate surface area is 136 Å². The van der Waals surface area contributed by atoms with Crippen molar-refractivity contribution in [3.63, 3.8) is 0 Å².